The van der Waals surface area contributed by atoms with Gasteiger partial charge in [-0.3, -0.25) is 9.10 Å². The Hall–Kier alpha value is -2.84. The number of carbonyl (C=O) groups excluding carboxylic acids is 1. The Labute approximate surface area is 168 Å². The summed E-state index contributed by atoms with van der Waals surface area (Å²) in [4.78, 5) is 16.5. The van der Waals surface area contributed by atoms with Gasteiger partial charge in [0.15, 0.2) is 0 Å². The first-order valence-corrected chi connectivity index (χ1v) is 10.6. The maximum atomic E-state index is 12.5. The van der Waals surface area contributed by atoms with Crippen molar-refractivity contribution in [3.05, 3.63) is 77.8 Å². The Morgan fingerprint density at radius 1 is 1.18 bits per heavy atom. The van der Waals surface area contributed by atoms with Crippen LogP contribution in [0.5, 0.6) is 0 Å². The molecule has 3 aromatic rings. The molecule has 0 saturated heterocycles. The fraction of sp³-hybridized carbons (Fsp3) is 0.158. The molecule has 9 heteroatoms. The molecule has 3 rings (SSSR count). The molecule has 0 unspecified atom stereocenters. The lowest BCUT2D eigenvalue weighted by Gasteiger charge is -2.23. The van der Waals surface area contributed by atoms with Gasteiger partial charge in [0.25, 0.3) is 0 Å². The van der Waals surface area contributed by atoms with Crippen molar-refractivity contribution in [3.8, 4) is 5.69 Å². The topological polar surface area (TPSA) is 84.3 Å². The molecule has 0 atom stereocenters. The summed E-state index contributed by atoms with van der Waals surface area (Å²) < 4.78 is 27.2. The molecule has 0 fully saturated rings. The molecule has 0 bridgehead atoms. The third kappa shape index (κ3) is 4.71. The molecule has 0 saturated carbocycles. The first kappa shape index (κ1) is 19.9. The smallest absolute Gasteiger partial charge is 0.241 e. The van der Waals surface area contributed by atoms with E-state index in [0.29, 0.717) is 0 Å². The second-order valence-corrected chi connectivity index (χ2v) is 8.41. The van der Waals surface area contributed by atoms with Gasteiger partial charge in [-0.2, -0.15) is 0 Å². The van der Waals surface area contributed by atoms with Crippen LogP contribution < -0.4 is 9.62 Å². The molecule has 7 nitrogen and oxygen atoms in total. The van der Waals surface area contributed by atoms with Crippen LogP contribution in [0.2, 0.25) is 5.02 Å². The van der Waals surface area contributed by atoms with Crippen molar-refractivity contribution >= 4 is 33.2 Å². The summed E-state index contributed by atoms with van der Waals surface area (Å²) in [5, 5.41) is 3.03. The van der Waals surface area contributed by atoms with E-state index in [2.05, 4.69) is 10.3 Å². The molecule has 1 aromatic heterocycles. The summed E-state index contributed by atoms with van der Waals surface area (Å²) in [7, 11) is -3.69. The number of carbonyl (C=O) groups is 1. The fourth-order valence-corrected chi connectivity index (χ4v) is 3.89. The van der Waals surface area contributed by atoms with Crippen molar-refractivity contribution in [3.63, 3.8) is 0 Å². The van der Waals surface area contributed by atoms with Crippen LogP contribution in [-0.2, 0) is 21.4 Å². The normalized spacial score (nSPS) is 11.2. The first-order chi connectivity index (χ1) is 13.4. The van der Waals surface area contributed by atoms with Gasteiger partial charge in [0.2, 0.25) is 15.9 Å². The van der Waals surface area contributed by atoms with E-state index in [4.69, 9.17) is 11.6 Å². The van der Waals surface area contributed by atoms with Crippen LogP contribution in [0.1, 0.15) is 5.56 Å². The molecule has 0 aliphatic heterocycles. The number of nitrogens with zero attached hydrogens (tertiary/aromatic N) is 3. The van der Waals surface area contributed by atoms with Gasteiger partial charge < -0.3 is 9.88 Å². The van der Waals surface area contributed by atoms with Crippen molar-refractivity contribution in [2.75, 3.05) is 17.1 Å². The number of halogens is 1. The number of para-hydroxylation sites is 2. The number of nitrogens with one attached hydrogen (secondary N) is 1. The highest BCUT2D eigenvalue weighted by Crippen LogP contribution is 2.26. The lowest BCUT2D eigenvalue weighted by atomic mass is 10.1. The van der Waals surface area contributed by atoms with Gasteiger partial charge in [-0.1, -0.05) is 41.9 Å². The second kappa shape index (κ2) is 8.45. The van der Waals surface area contributed by atoms with Gasteiger partial charge in [-0.05, 0) is 23.8 Å². The largest absolute Gasteiger partial charge is 0.350 e. The van der Waals surface area contributed by atoms with Gasteiger partial charge in [0.05, 0.1) is 29.0 Å². The highest BCUT2D eigenvalue weighted by atomic mass is 35.5. The van der Waals surface area contributed by atoms with Crippen molar-refractivity contribution in [2.45, 2.75) is 6.54 Å². The average Bonchev–Trinajstić information content (AvgIpc) is 3.19. The minimum Gasteiger partial charge on any atom is -0.350 e. The highest BCUT2D eigenvalue weighted by molar-refractivity contribution is 7.92. The standard InChI is InChI=1S/C19H19ClN4O3S/c1-28(26,27)24(18-9-5-3-7-16(18)20)13-19(25)22-12-15-6-2-4-8-17(15)23-11-10-21-14-23/h2-11,14H,12-13H2,1H3,(H,22,25). The minimum absolute atomic E-state index is 0.243. The van der Waals surface area contributed by atoms with Crippen molar-refractivity contribution in [1.82, 2.24) is 14.9 Å². The third-order valence-corrected chi connectivity index (χ3v) is 5.50. The number of imidazole rings is 1. The molecule has 28 heavy (non-hydrogen) atoms. The molecule has 1 heterocycles. The van der Waals surface area contributed by atoms with Gasteiger partial charge >= 0.3 is 0 Å². The van der Waals surface area contributed by atoms with Crippen molar-refractivity contribution in [1.29, 1.82) is 0 Å². The van der Waals surface area contributed by atoms with E-state index < -0.39 is 15.9 Å². The van der Waals surface area contributed by atoms with E-state index in [1.165, 1.54) is 0 Å². The lowest BCUT2D eigenvalue weighted by molar-refractivity contribution is -0.119. The number of sulfonamides is 1. The average molecular weight is 419 g/mol. The van der Waals surface area contributed by atoms with Crippen LogP contribution in [0, 0.1) is 0 Å². The van der Waals surface area contributed by atoms with E-state index in [1.807, 2.05) is 35.0 Å². The van der Waals surface area contributed by atoms with Gasteiger partial charge in [-0.25, -0.2) is 13.4 Å². The van der Waals surface area contributed by atoms with Gasteiger partial charge in [0.1, 0.15) is 6.54 Å². The number of rotatable bonds is 7. The predicted molar refractivity (Wildman–Crippen MR) is 109 cm³/mol. The Kier molecular flexibility index (Phi) is 6.01. The molecular weight excluding hydrogens is 400 g/mol. The highest BCUT2D eigenvalue weighted by Gasteiger charge is 2.22. The molecule has 0 radical (unpaired) electrons. The molecule has 0 spiro atoms. The quantitative estimate of drug-likeness (QED) is 0.639. The monoisotopic (exact) mass is 418 g/mol. The zero-order valence-electron chi connectivity index (χ0n) is 15.1. The van der Waals surface area contributed by atoms with Crippen LogP contribution in [0.15, 0.2) is 67.3 Å². The van der Waals surface area contributed by atoms with Crippen LogP contribution >= 0.6 is 11.6 Å². The summed E-state index contributed by atoms with van der Waals surface area (Å²) in [6.45, 7) is -0.122. The van der Waals surface area contributed by atoms with Crippen LogP contribution in [0.3, 0.4) is 0 Å². The Balaban J connectivity index is 1.74. The molecule has 1 amide bonds. The van der Waals surface area contributed by atoms with Crippen LogP contribution in [-0.4, -0.2) is 36.7 Å². The van der Waals surface area contributed by atoms with Crippen molar-refractivity contribution in [2.24, 2.45) is 0 Å². The molecule has 2 aromatic carbocycles. The molecule has 0 aliphatic rings. The number of hydrogen-bond acceptors (Lipinski definition) is 4. The zero-order chi connectivity index (χ0) is 20.1. The number of benzene rings is 2. The SMILES string of the molecule is CS(=O)(=O)N(CC(=O)NCc1ccccc1-n1ccnc1)c1ccccc1Cl. The summed E-state index contributed by atoms with van der Waals surface area (Å²) in [5.41, 5.74) is 2.02. The van der Waals surface area contributed by atoms with Gasteiger partial charge in [-0.15, -0.1) is 0 Å². The number of hydrogen-bond donors (Lipinski definition) is 1. The molecule has 1 N–H and O–H groups in total. The van der Waals surface area contributed by atoms with E-state index in [-0.39, 0.29) is 23.8 Å². The van der Waals surface area contributed by atoms with Crippen molar-refractivity contribution < 1.29 is 13.2 Å². The van der Waals surface area contributed by atoms with Gasteiger partial charge in [0, 0.05) is 18.9 Å². The maximum Gasteiger partial charge on any atom is 0.241 e. The number of anilines is 1. The number of aromatic nitrogens is 2. The molecular formula is C19H19ClN4O3S. The fourth-order valence-electron chi connectivity index (χ4n) is 2.73. The van der Waals surface area contributed by atoms with E-state index in [0.717, 1.165) is 21.8 Å². The summed E-state index contributed by atoms with van der Waals surface area (Å²) in [5.74, 6) is -0.439. The third-order valence-electron chi connectivity index (χ3n) is 4.06. The molecule has 0 aliphatic carbocycles. The van der Waals surface area contributed by atoms with E-state index in [1.54, 1.807) is 36.8 Å². The minimum atomic E-state index is -3.69. The lowest BCUT2D eigenvalue weighted by Crippen LogP contribution is -2.40. The second-order valence-electron chi connectivity index (χ2n) is 6.10. The predicted octanol–water partition coefficient (Wildman–Crippen LogP) is 2.61. The first-order valence-electron chi connectivity index (χ1n) is 8.41. The van der Waals surface area contributed by atoms with Crippen LogP contribution in [0.25, 0.3) is 5.69 Å². The number of amides is 1. The van der Waals surface area contributed by atoms with Crippen LogP contribution in [0.4, 0.5) is 5.69 Å². The maximum absolute atomic E-state index is 12.5. The zero-order valence-corrected chi connectivity index (χ0v) is 16.7. The molecule has 146 valence electrons. The Morgan fingerprint density at radius 3 is 2.57 bits per heavy atom. The summed E-state index contributed by atoms with van der Waals surface area (Å²) in [6.07, 6.45) is 6.19. The summed E-state index contributed by atoms with van der Waals surface area (Å²) >= 11 is 6.11. The van der Waals surface area contributed by atoms with E-state index in [9.17, 15) is 13.2 Å². The Bertz CT molecular complexity index is 1070. The Morgan fingerprint density at radius 2 is 1.89 bits per heavy atom. The summed E-state index contributed by atoms with van der Waals surface area (Å²) in [6, 6.07) is 14.1. The van der Waals surface area contributed by atoms with E-state index >= 15 is 0 Å².